The highest BCUT2D eigenvalue weighted by Gasteiger charge is 2.24. The number of hydrazine groups is 1. The van der Waals surface area contributed by atoms with Crippen LogP contribution >= 0.6 is 11.6 Å². The maximum Gasteiger partial charge on any atom is 0.152 e. The zero-order chi connectivity index (χ0) is 14.0. The maximum atomic E-state index is 6.21. The first-order valence-electron chi connectivity index (χ1n) is 6.02. The molecule has 0 saturated heterocycles. The molecule has 2 aromatic rings. The number of rotatable bonds is 4. The zero-order valence-corrected chi connectivity index (χ0v) is 11.9. The highest BCUT2D eigenvalue weighted by atomic mass is 35.5. The zero-order valence-electron chi connectivity index (χ0n) is 11.1. The fourth-order valence-corrected chi connectivity index (χ4v) is 2.10. The molecule has 0 spiro atoms. The third-order valence-electron chi connectivity index (χ3n) is 2.78. The first-order chi connectivity index (χ1) is 9.04. The first kappa shape index (κ1) is 13.9. The maximum absolute atomic E-state index is 6.21. The number of aryl methyl sites for hydroxylation is 1. The van der Waals surface area contributed by atoms with Crippen LogP contribution in [0.1, 0.15) is 43.0 Å². The van der Waals surface area contributed by atoms with Gasteiger partial charge >= 0.3 is 0 Å². The van der Waals surface area contributed by atoms with Gasteiger partial charge in [-0.3, -0.25) is 10.5 Å². The Morgan fingerprint density at radius 3 is 2.42 bits per heavy atom. The summed E-state index contributed by atoms with van der Waals surface area (Å²) in [5.41, 5.74) is 4.46. The fourth-order valence-electron chi connectivity index (χ4n) is 1.86. The molecule has 2 aromatic heterocycles. The molecule has 6 nitrogen and oxygen atoms in total. The third kappa shape index (κ3) is 2.75. The summed E-state index contributed by atoms with van der Waals surface area (Å²) in [5.74, 6) is 6.21. The average molecular weight is 281 g/mol. The van der Waals surface area contributed by atoms with Crippen LogP contribution in [-0.4, -0.2) is 19.7 Å². The van der Waals surface area contributed by atoms with Crippen LogP contribution in [-0.2, 0) is 0 Å². The van der Waals surface area contributed by atoms with Crippen LogP contribution < -0.4 is 11.3 Å². The van der Waals surface area contributed by atoms with E-state index in [2.05, 4.69) is 20.5 Å². The molecule has 19 heavy (non-hydrogen) atoms. The molecule has 0 aliphatic carbocycles. The van der Waals surface area contributed by atoms with E-state index in [9.17, 15) is 0 Å². The highest BCUT2D eigenvalue weighted by molar-refractivity contribution is 6.31. The Morgan fingerprint density at radius 1 is 1.26 bits per heavy atom. The van der Waals surface area contributed by atoms with E-state index in [1.165, 1.54) is 0 Å². The van der Waals surface area contributed by atoms with Crippen molar-refractivity contribution in [2.45, 2.75) is 32.9 Å². The summed E-state index contributed by atoms with van der Waals surface area (Å²) < 4.78 is 1.82. The van der Waals surface area contributed by atoms with Crippen molar-refractivity contribution in [3.8, 4) is 0 Å². The molecule has 0 radical (unpaired) electrons. The molecule has 0 bridgehead atoms. The van der Waals surface area contributed by atoms with Crippen molar-refractivity contribution in [1.29, 1.82) is 0 Å². The van der Waals surface area contributed by atoms with E-state index in [4.69, 9.17) is 17.4 Å². The Hall–Kier alpha value is -1.50. The topological polar surface area (TPSA) is 81.6 Å². The Kier molecular flexibility index (Phi) is 4.14. The van der Waals surface area contributed by atoms with Crippen LogP contribution in [0.25, 0.3) is 0 Å². The second-order valence-corrected chi connectivity index (χ2v) is 5.04. The molecule has 0 saturated carbocycles. The van der Waals surface area contributed by atoms with E-state index >= 15 is 0 Å². The van der Waals surface area contributed by atoms with Crippen LogP contribution in [0.2, 0.25) is 5.02 Å². The summed E-state index contributed by atoms with van der Waals surface area (Å²) in [7, 11) is 0. The van der Waals surface area contributed by atoms with Crippen LogP contribution in [0.4, 0.5) is 0 Å². The van der Waals surface area contributed by atoms with E-state index in [0.717, 1.165) is 11.3 Å². The first-order valence-corrected chi connectivity index (χ1v) is 6.40. The number of hydrogen-bond donors (Lipinski definition) is 2. The van der Waals surface area contributed by atoms with Crippen LogP contribution in [0.15, 0.2) is 18.6 Å². The lowest BCUT2D eigenvalue weighted by Gasteiger charge is -2.19. The van der Waals surface area contributed by atoms with Gasteiger partial charge < -0.3 is 0 Å². The summed E-state index contributed by atoms with van der Waals surface area (Å²) in [4.78, 5) is 8.59. The van der Waals surface area contributed by atoms with E-state index in [0.29, 0.717) is 10.8 Å². The number of nitrogens with zero attached hydrogens (tertiary/aromatic N) is 4. The minimum atomic E-state index is -0.391. The van der Waals surface area contributed by atoms with Gasteiger partial charge in [0.05, 0.1) is 16.9 Å². The summed E-state index contributed by atoms with van der Waals surface area (Å²) in [5, 5.41) is 4.80. The molecular weight excluding hydrogens is 264 g/mol. The molecule has 1 atom stereocenters. The summed E-state index contributed by atoms with van der Waals surface area (Å²) in [6, 6.07) is -0.221. The minimum Gasteiger partial charge on any atom is -0.270 e. The molecule has 0 aliphatic heterocycles. The second kappa shape index (κ2) is 5.64. The van der Waals surface area contributed by atoms with Crippen molar-refractivity contribution in [3.05, 3.63) is 40.7 Å². The highest BCUT2D eigenvalue weighted by Crippen LogP contribution is 2.27. The number of aromatic nitrogens is 4. The van der Waals surface area contributed by atoms with Crippen molar-refractivity contribution >= 4 is 11.6 Å². The number of nitrogens with two attached hydrogens (primary N) is 1. The molecule has 3 N–H and O–H groups in total. The van der Waals surface area contributed by atoms with E-state index in [-0.39, 0.29) is 6.04 Å². The summed E-state index contributed by atoms with van der Waals surface area (Å²) >= 11 is 6.21. The van der Waals surface area contributed by atoms with Gasteiger partial charge in [0.25, 0.3) is 0 Å². The standard InChI is InChI=1S/C12H17ClN6/c1-7(2)19-11(9(13)6-17-19)10(18-14)12-15-4-8(3)5-16-12/h4-7,10,18H,14H2,1-3H3. The van der Waals surface area contributed by atoms with Crippen molar-refractivity contribution in [3.63, 3.8) is 0 Å². The van der Waals surface area contributed by atoms with E-state index in [1.54, 1.807) is 18.6 Å². The van der Waals surface area contributed by atoms with Crippen LogP contribution in [0.5, 0.6) is 0 Å². The van der Waals surface area contributed by atoms with Gasteiger partial charge in [0.15, 0.2) is 5.82 Å². The van der Waals surface area contributed by atoms with Crippen molar-refractivity contribution < 1.29 is 0 Å². The molecular formula is C12H17ClN6. The normalized spacial score (nSPS) is 12.9. The lowest BCUT2D eigenvalue weighted by Crippen LogP contribution is -2.32. The molecule has 2 rings (SSSR count). The largest absolute Gasteiger partial charge is 0.270 e. The third-order valence-corrected chi connectivity index (χ3v) is 3.07. The van der Waals surface area contributed by atoms with E-state index < -0.39 is 6.04 Å². The monoisotopic (exact) mass is 280 g/mol. The number of nitrogens with one attached hydrogen (secondary N) is 1. The second-order valence-electron chi connectivity index (χ2n) is 4.63. The van der Waals surface area contributed by atoms with Gasteiger partial charge in [0, 0.05) is 18.4 Å². The Labute approximate surface area is 117 Å². The Morgan fingerprint density at radius 2 is 1.89 bits per heavy atom. The van der Waals surface area contributed by atoms with Gasteiger partial charge in [-0.05, 0) is 26.3 Å². The van der Waals surface area contributed by atoms with Gasteiger partial charge in [-0.1, -0.05) is 11.6 Å². The van der Waals surface area contributed by atoms with E-state index in [1.807, 2.05) is 25.5 Å². The molecule has 0 aliphatic rings. The molecule has 1 unspecified atom stereocenters. The van der Waals surface area contributed by atoms with Gasteiger partial charge in [-0.15, -0.1) is 0 Å². The van der Waals surface area contributed by atoms with Gasteiger partial charge in [0.1, 0.15) is 6.04 Å². The van der Waals surface area contributed by atoms with Crippen molar-refractivity contribution in [2.24, 2.45) is 5.84 Å². The average Bonchev–Trinajstić information content (AvgIpc) is 2.75. The summed E-state index contributed by atoms with van der Waals surface area (Å²) in [6.45, 7) is 5.98. The van der Waals surface area contributed by atoms with Gasteiger partial charge in [-0.25, -0.2) is 15.4 Å². The fraction of sp³-hybridized carbons (Fsp3) is 0.417. The predicted molar refractivity (Wildman–Crippen MR) is 73.6 cm³/mol. The predicted octanol–water partition coefficient (Wildman–Crippen LogP) is 1.77. The summed E-state index contributed by atoms with van der Waals surface area (Å²) in [6.07, 6.45) is 5.10. The van der Waals surface area contributed by atoms with Gasteiger partial charge in [0.2, 0.25) is 0 Å². The Balaban J connectivity index is 2.47. The van der Waals surface area contributed by atoms with Crippen molar-refractivity contribution in [1.82, 2.24) is 25.2 Å². The van der Waals surface area contributed by atoms with Crippen LogP contribution in [0.3, 0.4) is 0 Å². The lowest BCUT2D eigenvalue weighted by molar-refractivity contribution is 0.468. The lowest BCUT2D eigenvalue weighted by atomic mass is 10.2. The van der Waals surface area contributed by atoms with Crippen LogP contribution in [0, 0.1) is 6.92 Å². The quantitative estimate of drug-likeness (QED) is 0.659. The van der Waals surface area contributed by atoms with Gasteiger partial charge in [-0.2, -0.15) is 5.10 Å². The molecule has 0 fully saturated rings. The molecule has 102 valence electrons. The number of hydrogen-bond acceptors (Lipinski definition) is 5. The molecule has 2 heterocycles. The smallest absolute Gasteiger partial charge is 0.152 e. The SMILES string of the molecule is Cc1cnc(C(NN)c2c(Cl)cnn2C(C)C)nc1. The molecule has 7 heteroatoms. The minimum absolute atomic E-state index is 0.170. The Bertz CT molecular complexity index is 548. The number of halogens is 1. The molecule has 0 aromatic carbocycles. The van der Waals surface area contributed by atoms with Crippen molar-refractivity contribution in [2.75, 3.05) is 0 Å². The molecule has 0 amide bonds.